The molecular weight excluding hydrogens is 577 g/mol. The van der Waals surface area contributed by atoms with Crippen LogP contribution >= 0.6 is 0 Å². The molecule has 0 saturated heterocycles. The Balaban J connectivity index is 3.07. The van der Waals surface area contributed by atoms with Gasteiger partial charge in [0.2, 0.25) is 0 Å². The first-order valence-corrected chi connectivity index (χ1v) is 32.2. The van der Waals surface area contributed by atoms with E-state index in [-0.39, 0.29) is 5.78 Å². The Kier molecular flexibility index (Phi) is 11.8. The zero-order valence-electron chi connectivity index (χ0n) is 27.2. The van der Waals surface area contributed by atoms with Gasteiger partial charge in [0, 0.05) is 12.1 Å². The number of Topliss-reactive ketones (excluding diaryl/α,β-unsaturated/α-hetero) is 1. The molecule has 1 aromatic rings. The molecule has 0 bridgehead atoms. The molecule has 0 atom stereocenters. The maximum absolute atomic E-state index is 13.6. The van der Waals surface area contributed by atoms with Crippen molar-refractivity contribution in [2.45, 2.75) is 124 Å². The number of hydrogen-bond acceptors (Lipinski definition) is 6. The van der Waals surface area contributed by atoms with Gasteiger partial charge in [0.25, 0.3) is 0 Å². The minimum atomic E-state index is -3.05. The molecule has 1 rings (SSSR count). The Morgan fingerprint density at radius 2 is 1.00 bits per heavy atom. The topological polar surface area (TPSA) is 63.2 Å². The van der Waals surface area contributed by atoms with Crippen LogP contribution in [-0.2, 0) is 27.3 Å². The fourth-order valence-corrected chi connectivity index (χ4v) is 27.9. The largest absolute Gasteiger partial charge is 0.477 e. The lowest BCUT2D eigenvalue weighted by atomic mass is 9.96. The molecule has 0 saturated carbocycles. The SMILES string of the molecule is CC(C)(O[Si](C)(O[Si](C)(C)C)O[Si](C)(C)C)C(=O)c1ccc(CC[Si](C)(O[Si](C)(C)C)O[Si](C)(C)C)cc1. The molecule has 0 aliphatic rings. The van der Waals surface area contributed by atoms with Crippen molar-refractivity contribution >= 4 is 56.4 Å². The van der Waals surface area contributed by atoms with Crippen LogP contribution in [0.4, 0.5) is 0 Å². The van der Waals surface area contributed by atoms with E-state index in [0.29, 0.717) is 5.56 Å². The van der Waals surface area contributed by atoms with Crippen molar-refractivity contribution in [3.63, 3.8) is 0 Å². The van der Waals surface area contributed by atoms with Gasteiger partial charge in [-0.15, -0.1) is 0 Å². The van der Waals surface area contributed by atoms with Crippen LogP contribution in [0.25, 0.3) is 0 Å². The predicted molar refractivity (Wildman–Crippen MR) is 175 cm³/mol. The predicted octanol–water partition coefficient (Wildman–Crippen LogP) is 8.25. The Hall–Kier alpha value is -0.00870. The summed E-state index contributed by atoms with van der Waals surface area (Å²) in [6.07, 6.45) is 0.866. The van der Waals surface area contributed by atoms with Gasteiger partial charge in [-0.05, 0) is 117 Å². The summed E-state index contributed by atoms with van der Waals surface area (Å²) in [5.74, 6) is -0.0653. The molecule has 38 heavy (non-hydrogen) atoms. The summed E-state index contributed by atoms with van der Waals surface area (Å²) < 4.78 is 32.8. The number of carbonyl (C=O) groups is 1. The number of benzene rings is 1. The first-order valence-electron chi connectivity index (χ1n) is 13.8. The Morgan fingerprint density at radius 3 is 1.34 bits per heavy atom. The molecule has 0 N–H and O–H groups in total. The molecule has 0 spiro atoms. The van der Waals surface area contributed by atoms with Crippen molar-refractivity contribution in [1.82, 2.24) is 0 Å². The Labute approximate surface area is 240 Å². The van der Waals surface area contributed by atoms with Gasteiger partial charge >= 0.3 is 17.4 Å². The molecule has 0 aromatic heterocycles. The summed E-state index contributed by atoms with van der Waals surface area (Å²) in [7, 11) is -12.8. The number of hydrogen-bond donors (Lipinski definition) is 0. The van der Waals surface area contributed by atoms with Crippen LogP contribution in [0.3, 0.4) is 0 Å². The van der Waals surface area contributed by atoms with Crippen molar-refractivity contribution in [3.8, 4) is 0 Å². The monoisotopic (exact) mass is 632 g/mol. The standard InChI is InChI=1S/C26H56O6Si6/c1-26(2,28-38(16,31-35(9,10)11)32-36(12,13)14)25(27)24-19-17-23(18-20-24)21-22-37(15,29-33(3,4)5)30-34(6,7)8/h17-20H,21-22H2,1-16H3. The Morgan fingerprint density at radius 1 is 0.632 bits per heavy atom. The lowest BCUT2D eigenvalue weighted by Crippen LogP contribution is -2.59. The smallest absolute Gasteiger partial charge is 0.437 e. The van der Waals surface area contributed by atoms with Gasteiger partial charge in [0.05, 0.1) is 0 Å². The molecule has 0 unspecified atom stereocenters. The van der Waals surface area contributed by atoms with E-state index in [1.54, 1.807) is 0 Å². The third-order valence-corrected chi connectivity index (χ3v) is 23.4. The van der Waals surface area contributed by atoms with Gasteiger partial charge in [0.15, 0.2) is 39.1 Å². The zero-order valence-corrected chi connectivity index (χ0v) is 33.2. The van der Waals surface area contributed by atoms with Crippen molar-refractivity contribution in [3.05, 3.63) is 35.4 Å². The highest BCUT2D eigenvalue weighted by molar-refractivity contribution is 6.88. The van der Waals surface area contributed by atoms with Crippen LogP contribution < -0.4 is 0 Å². The molecule has 0 fully saturated rings. The van der Waals surface area contributed by atoms with Gasteiger partial charge in [-0.1, -0.05) is 24.3 Å². The number of aryl methyl sites for hydroxylation is 1. The molecule has 1 aromatic carbocycles. The lowest BCUT2D eigenvalue weighted by Gasteiger charge is -2.41. The summed E-state index contributed by atoms with van der Waals surface area (Å²) in [5, 5.41) is 0. The normalized spacial score (nSPS) is 14.6. The second-order valence-electron chi connectivity index (χ2n) is 15.0. The minimum Gasteiger partial charge on any atom is -0.437 e. The molecule has 0 heterocycles. The van der Waals surface area contributed by atoms with Gasteiger partial charge in [0.1, 0.15) is 5.60 Å². The highest BCUT2D eigenvalue weighted by Crippen LogP contribution is 2.30. The van der Waals surface area contributed by atoms with E-state index in [9.17, 15) is 4.79 Å². The molecule has 0 aliphatic heterocycles. The van der Waals surface area contributed by atoms with Crippen LogP contribution in [0.1, 0.15) is 29.8 Å². The summed E-state index contributed by atoms with van der Waals surface area (Å²) >= 11 is 0. The highest BCUT2D eigenvalue weighted by atomic mass is 28.5. The average molecular weight is 633 g/mol. The maximum atomic E-state index is 13.6. The molecule has 12 heteroatoms. The molecule has 0 amide bonds. The second-order valence-corrected chi connectivity index (χ2v) is 39.9. The highest BCUT2D eigenvalue weighted by Gasteiger charge is 2.48. The fraction of sp³-hybridized carbons (Fsp3) is 0.731. The average Bonchev–Trinajstić information content (AvgIpc) is 2.59. The van der Waals surface area contributed by atoms with Gasteiger partial charge in [-0.3, -0.25) is 4.79 Å². The van der Waals surface area contributed by atoms with E-state index >= 15 is 0 Å². The van der Waals surface area contributed by atoms with Crippen LogP contribution in [0, 0.1) is 0 Å². The van der Waals surface area contributed by atoms with Crippen LogP contribution in [0.5, 0.6) is 0 Å². The molecule has 220 valence electrons. The lowest BCUT2D eigenvalue weighted by molar-refractivity contribution is 0.0313. The van der Waals surface area contributed by atoms with Crippen molar-refractivity contribution in [2.75, 3.05) is 0 Å². The van der Waals surface area contributed by atoms with Crippen LogP contribution in [0.15, 0.2) is 24.3 Å². The van der Waals surface area contributed by atoms with E-state index in [2.05, 4.69) is 97.2 Å². The van der Waals surface area contributed by atoms with Gasteiger partial charge in [-0.25, -0.2) is 0 Å². The fourth-order valence-electron chi connectivity index (χ4n) is 4.64. The van der Waals surface area contributed by atoms with Gasteiger partial charge in [-0.2, -0.15) is 0 Å². The van der Waals surface area contributed by atoms with Crippen LogP contribution in [0.2, 0.25) is 97.7 Å². The van der Waals surface area contributed by atoms with E-state index in [1.165, 1.54) is 5.56 Å². The van der Waals surface area contributed by atoms with E-state index in [0.717, 1.165) is 12.5 Å². The third kappa shape index (κ3) is 14.1. The minimum absolute atomic E-state index is 0.0653. The summed E-state index contributed by atoms with van der Waals surface area (Å²) in [6, 6.07) is 8.83. The second kappa shape index (κ2) is 12.5. The van der Waals surface area contributed by atoms with E-state index < -0.39 is 56.2 Å². The third-order valence-electron chi connectivity index (χ3n) is 5.10. The van der Waals surface area contributed by atoms with Crippen molar-refractivity contribution in [2.24, 2.45) is 0 Å². The number of rotatable bonds is 15. The first kappa shape index (κ1) is 36.0. The number of ketones is 1. The van der Waals surface area contributed by atoms with Crippen LogP contribution in [-0.4, -0.2) is 62.0 Å². The number of carbonyl (C=O) groups excluding carboxylic acids is 1. The van der Waals surface area contributed by atoms with Gasteiger partial charge < -0.3 is 20.9 Å². The van der Waals surface area contributed by atoms with E-state index in [1.807, 2.05) is 32.5 Å². The summed E-state index contributed by atoms with van der Waals surface area (Å²) in [6.45, 7) is 33.9. The quantitative estimate of drug-likeness (QED) is 0.143. The summed E-state index contributed by atoms with van der Waals surface area (Å²) in [4.78, 5) is 13.6. The van der Waals surface area contributed by atoms with Crippen molar-refractivity contribution < 1.29 is 25.7 Å². The zero-order chi connectivity index (χ0) is 30.0. The van der Waals surface area contributed by atoms with E-state index in [4.69, 9.17) is 20.9 Å². The molecule has 6 nitrogen and oxygen atoms in total. The molecular formula is C26H56O6Si6. The van der Waals surface area contributed by atoms with Crippen molar-refractivity contribution in [1.29, 1.82) is 0 Å². The maximum Gasteiger partial charge on any atom is 0.477 e. The molecule has 0 aliphatic carbocycles. The Bertz CT molecular complexity index is 892. The molecule has 0 radical (unpaired) electrons. The first-order chi connectivity index (χ1) is 16.6. The summed E-state index contributed by atoms with van der Waals surface area (Å²) in [5.41, 5.74) is 0.748.